The highest BCUT2D eigenvalue weighted by atomic mass is 35.5. The summed E-state index contributed by atoms with van der Waals surface area (Å²) < 4.78 is 0. The van der Waals surface area contributed by atoms with Crippen LogP contribution >= 0.6 is 11.6 Å². The number of carboxylic acid groups (broad SMARTS) is 1. The second-order valence-electron chi connectivity index (χ2n) is 4.70. The first-order valence-corrected chi connectivity index (χ1v) is 6.31. The minimum Gasteiger partial charge on any atom is -0.481 e. The van der Waals surface area contributed by atoms with Crippen LogP contribution in [-0.2, 0) is 11.2 Å². The summed E-state index contributed by atoms with van der Waals surface area (Å²) in [5.74, 6) is -1.50. The van der Waals surface area contributed by atoms with Crippen molar-refractivity contribution in [3.8, 4) is 0 Å². The number of aromatic amines is 1. The Hall–Kier alpha value is -1.81. The van der Waals surface area contributed by atoms with Crippen LogP contribution in [0.1, 0.15) is 18.1 Å². The summed E-state index contributed by atoms with van der Waals surface area (Å²) in [6, 6.07) is 5.31. The van der Waals surface area contributed by atoms with Crippen LogP contribution in [0.5, 0.6) is 0 Å². The molecule has 0 saturated heterocycles. The summed E-state index contributed by atoms with van der Waals surface area (Å²) in [4.78, 5) is 25.6. The van der Waals surface area contributed by atoms with E-state index in [0.29, 0.717) is 16.1 Å². The molecule has 0 aliphatic rings. The lowest BCUT2D eigenvalue weighted by Crippen LogP contribution is -2.19. The lowest BCUT2D eigenvalue weighted by molar-refractivity contribution is -0.141. The number of aliphatic carboxylic acids is 1. The molecule has 0 radical (unpaired) electrons. The first kappa shape index (κ1) is 13.6. The molecular weight excluding hydrogens is 266 g/mol. The molecule has 2 rings (SSSR count). The van der Waals surface area contributed by atoms with E-state index in [1.165, 1.54) is 0 Å². The molecule has 1 aromatic heterocycles. The van der Waals surface area contributed by atoms with E-state index in [2.05, 4.69) is 4.98 Å². The van der Waals surface area contributed by atoms with E-state index in [9.17, 15) is 9.59 Å². The Labute approximate surface area is 115 Å². The minimum atomic E-state index is -0.910. The third-order valence-electron chi connectivity index (χ3n) is 3.24. The summed E-state index contributed by atoms with van der Waals surface area (Å²) in [6.45, 7) is 3.42. The number of benzene rings is 1. The van der Waals surface area contributed by atoms with E-state index < -0.39 is 11.9 Å². The topological polar surface area (TPSA) is 70.2 Å². The average molecular weight is 280 g/mol. The van der Waals surface area contributed by atoms with E-state index >= 15 is 0 Å². The van der Waals surface area contributed by atoms with Gasteiger partial charge in [-0.05, 0) is 36.4 Å². The van der Waals surface area contributed by atoms with Gasteiger partial charge in [-0.3, -0.25) is 9.59 Å². The quantitative estimate of drug-likeness (QED) is 0.907. The number of hydrogen-bond acceptors (Lipinski definition) is 2. The Balaban J connectivity index is 2.54. The van der Waals surface area contributed by atoms with Crippen molar-refractivity contribution >= 4 is 28.5 Å². The zero-order chi connectivity index (χ0) is 14.2. The van der Waals surface area contributed by atoms with Crippen molar-refractivity contribution in [1.29, 1.82) is 0 Å². The third-order valence-corrected chi connectivity index (χ3v) is 3.65. The van der Waals surface area contributed by atoms with E-state index in [1.54, 1.807) is 19.1 Å². The molecule has 2 aromatic rings. The Morgan fingerprint density at radius 3 is 2.79 bits per heavy atom. The molecule has 0 saturated carbocycles. The molecule has 19 heavy (non-hydrogen) atoms. The van der Waals surface area contributed by atoms with Gasteiger partial charge in [0.05, 0.1) is 11.4 Å². The molecule has 0 aliphatic heterocycles. The third kappa shape index (κ3) is 2.63. The molecule has 0 spiro atoms. The van der Waals surface area contributed by atoms with Crippen LogP contribution in [0.4, 0.5) is 0 Å². The van der Waals surface area contributed by atoms with Gasteiger partial charge in [0.15, 0.2) is 0 Å². The van der Waals surface area contributed by atoms with Gasteiger partial charge in [-0.2, -0.15) is 0 Å². The maximum absolute atomic E-state index is 12.0. The van der Waals surface area contributed by atoms with Crippen LogP contribution in [0, 0.1) is 12.8 Å². The van der Waals surface area contributed by atoms with Gasteiger partial charge >= 0.3 is 5.97 Å². The number of fused-ring (bicyclic) bond motifs is 1. The summed E-state index contributed by atoms with van der Waals surface area (Å²) >= 11 is 6.01. The molecular formula is C14H14ClNO3. The van der Waals surface area contributed by atoms with Gasteiger partial charge < -0.3 is 10.1 Å². The molecule has 1 atom stereocenters. The predicted octanol–water partition coefficient (Wildman–Crippen LogP) is 2.75. The number of carbonyl (C=O) groups is 1. The van der Waals surface area contributed by atoms with Crippen LogP contribution in [0.3, 0.4) is 0 Å². The van der Waals surface area contributed by atoms with Gasteiger partial charge in [-0.25, -0.2) is 0 Å². The molecule has 2 N–H and O–H groups in total. The zero-order valence-electron chi connectivity index (χ0n) is 10.7. The number of H-pyrrole nitrogens is 1. The monoisotopic (exact) mass is 279 g/mol. The van der Waals surface area contributed by atoms with Gasteiger partial charge in [-0.15, -0.1) is 0 Å². The number of aryl methyl sites for hydroxylation is 1. The van der Waals surface area contributed by atoms with Crippen LogP contribution in [-0.4, -0.2) is 16.1 Å². The second kappa shape index (κ2) is 5.05. The molecule has 0 bridgehead atoms. The number of rotatable bonds is 3. The van der Waals surface area contributed by atoms with E-state index in [1.807, 2.05) is 13.0 Å². The molecule has 1 unspecified atom stereocenters. The molecule has 100 valence electrons. The summed E-state index contributed by atoms with van der Waals surface area (Å²) in [7, 11) is 0. The Bertz CT molecular complexity index is 706. The van der Waals surface area contributed by atoms with Crippen molar-refractivity contribution in [3.63, 3.8) is 0 Å². The fourth-order valence-corrected chi connectivity index (χ4v) is 2.17. The van der Waals surface area contributed by atoms with Crippen LogP contribution in [0.2, 0.25) is 5.02 Å². The van der Waals surface area contributed by atoms with Crippen molar-refractivity contribution < 1.29 is 9.90 Å². The minimum absolute atomic E-state index is 0.211. The van der Waals surface area contributed by atoms with E-state index in [4.69, 9.17) is 16.7 Å². The Morgan fingerprint density at radius 2 is 2.16 bits per heavy atom. The van der Waals surface area contributed by atoms with Gasteiger partial charge in [-0.1, -0.05) is 24.6 Å². The predicted molar refractivity (Wildman–Crippen MR) is 74.8 cm³/mol. The average Bonchev–Trinajstić information content (AvgIpc) is 2.36. The lowest BCUT2D eigenvalue weighted by atomic mass is 10.0. The van der Waals surface area contributed by atoms with Crippen molar-refractivity contribution in [2.45, 2.75) is 20.3 Å². The SMILES string of the molecule is Cc1c(Cl)ccc2cc(CC(C)C(=O)O)c(=O)[nH]c12. The highest BCUT2D eigenvalue weighted by Gasteiger charge is 2.15. The molecule has 4 nitrogen and oxygen atoms in total. The van der Waals surface area contributed by atoms with Crippen molar-refractivity contribution in [1.82, 2.24) is 4.98 Å². The van der Waals surface area contributed by atoms with Gasteiger partial charge in [0.25, 0.3) is 5.56 Å². The largest absolute Gasteiger partial charge is 0.481 e. The molecule has 0 amide bonds. The maximum atomic E-state index is 12.0. The Morgan fingerprint density at radius 1 is 1.47 bits per heavy atom. The molecule has 5 heteroatoms. The van der Waals surface area contributed by atoms with E-state index in [0.717, 1.165) is 10.9 Å². The molecule has 0 fully saturated rings. The fraction of sp³-hybridized carbons (Fsp3) is 0.286. The number of pyridine rings is 1. The molecule has 0 aliphatic carbocycles. The summed E-state index contributed by atoms with van der Waals surface area (Å²) in [6.07, 6.45) is 0.211. The standard InChI is InChI=1S/C14H14ClNO3/c1-7(14(18)19)5-10-6-9-3-4-11(15)8(2)12(9)16-13(10)17/h3-4,6-7H,5H2,1-2H3,(H,16,17)(H,18,19). The second-order valence-corrected chi connectivity index (χ2v) is 5.11. The van der Waals surface area contributed by atoms with Gasteiger partial charge in [0.2, 0.25) is 0 Å². The van der Waals surface area contributed by atoms with Crippen LogP contribution < -0.4 is 5.56 Å². The fourth-order valence-electron chi connectivity index (χ4n) is 2.01. The van der Waals surface area contributed by atoms with Gasteiger partial charge in [0, 0.05) is 10.6 Å². The lowest BCUT2D eigenvalue weighted by Gasteiger charge is -2.09. The number of aromatic nitrogens is 1. The zero-order valence-corrected chi connectivity index (χ0v) is 11.4. The van der Waals surface area contributed by atoms with Gasteiger partial charge in [0.1, 0.15) is 0 Å². The number of halogens is 1. The summed E-state index contributed by atoms with van der Waals surface area (Å²) in [5.41, 5.74) is 1.73. The van der Waals surface area contributed by atoms with E-state index in [-0.39, 0.29) is 12.0 Å². The smallest absolute Gasteiger partial charge is 0.306 e. The highest BCUT2D eigenvalue weighted by Crippen LogP contribution is 2.23. The normalized spacial score (nSPS) is 12.6. The molecule has 1 aromatic carbocycles. The van der Waals surface area contributed by atoms with Crippen molar-refractivity contribution in [2.75, 3.05) is 0 Å². The first-order valence-electron chi connectivity index (χ1n) is 5.94. The number of hydrogen-bond donors (Lipinski definition) is 2. The van der Waals surface area contributed by atoms with Crippen molar-refractivity contribution in [3.05, 3.63) is 44.7 Å². The Kier molecular flexibility index (Phi) is 3.62. The highest BCUT2D eigenvalue weighted by molar-refractivity contribution is 6.32. The summed E-state index contributed by atoms with van der Waals surface area (Å²) in [5, 5.41) is 10.3. The van der Waals surface area contributed by atoms with Crippen LogP contribution in [0.25, 0.3) is 10.9 Å². The van der Waals surface area contributed by atoms with Crippen LogP contribution in [0.15, 0.2) is 23.0 Å². The first-order chi connectivity index (χ1) is 8.90. The van der Waals surface area contributed by atoms with Crippen molar-refractivity contribution in [2.24, 2.45) is 5.92 Å². The maximum Gasteiger partial charge on any atom is 0.306 e. The number of carboxylic acids is 1. The number of nitrogens with one attached hydrogen (secondary N) is 1. The molecule has 1 heterocycles.